The van der Waals surface area contributed by atoms with Crippen molar-refractivity contribution in [2.75, 3.05) is 30.3 Å². The van der Waals surface area contributed by atoms with E-state index in [1.54, 1.807) is 0 Å². The van der Waals surface area contributed by atoms with Crippen LogP contribution in [0.25, 0.3) is 0 Å². The van der Waals surface area contributed by atoms with Crippen molar-refractivity contribution in [3.05, 3.63) is 23.8 Å². The number of nitrogens with zero attached hydrogens (tertiary/aromatic N) is 1. The number of nitrogens with two attached hydrogens (primary N) is 1. The Balaban J connectivity index is 2.03. The highest BCUT2D eigenvalue weighted by atomic mass is 16.2. The largest absolute Gasteiger partial charge is 0.398 e. The number of anilines is 2. The van der Waals surface area contributed by atoms with Crippen molar-refractivity contribution in [2.24, 2.45) is 5.92 Å². The van der Waals surface area contributed by atoms with Crippen LogP contribution in [0.5, 0.6) is 0 Å². The number of nitrogens with one attached hydrogen (secondary N) is 1. The molecule has 3 N–H and O–H groups in total. The van der Waals surface area contributed by atoms with Crippen LogP contribution in [0, 0.1) is 5.92 Å². The number of amides is 1. The zero-order valence-electron chi connectivity index (χ0n) is 11.8. The molecule has 1 aromatic carbocycles. The third-order valence-electron chi connectivity index (χ3n) is 3.42. The Morgan fingerprint density at radius 1 is 1.47 bits per heavy atom. The van der Waals surface area contributed by atoms with Crippen molar-refractivity contribution < 1.29 is 4.79 Å². The molecular weight excluding hydrogens is 238 g/mol. The summed E-state index contributed by atoms with van der Waals surface area (Å²) in [5, 5.41) is 2.96. The Bertz CT molecular complexity index is 457. The van der Waals surface area contributed by atoms with Crippen LogP contribution >= 0.6 is 0 Å². The summed E-state index contributed by atoms with van der Waals surface area (Å²) in [6.45, 7) is 6.26. The van der Waals surface area contributed by atoms with E-state index in [2.05, 4.69) is 30.1 Å². The summed E-state index contributed by atoms with van der Waals surface area (Å²) < 4.78 is 0. The van der Waals surface area contributed by atoms with E-state index in [1.165, 1.54) is 5.56 Å². The number of carbonyl (C=O) groups is 1. The molecule has 0 saturated heterocycles. The van der Waals surface area contributed by atoms with Crippen molar-refractivity contribution in [3.8, 4) is 0 Å². The molecule has 0 aliphatic carbocycles. The molecule has 19 heavy (non-hydrogen) atoms. The highest BCUT2D eigenvalue weighted by Crippen LogP contribution is 2.30. The smallest absolute Gasteiger partial charge is 0.239 e. The van der Waals surface area contributed by atoms with Gasteiger partial charge in [-0.3, -0.25) is 4.79 Å². The molecule has 0 saturated carbocycles. The molecule has 1 aliphatic rings. The second-order valence-corrected chi connectivity index (χ2v) is 5.57. The zero-order chi connectivity index (χ0) is 13.8. The number of nitrogen functional groups attached to an aromatic ring is 1. The van der Waals surface area contributed by atoms with Crippen LogP contribution in [-0.4, -0.2) is 25.5 Å². The Morgan fingerprint density at radius 2 is 2.26 bits per heavy atom. The van der Waals surface area contributed by atoms with Gasteiger partial charge in [-0.2, -0.15) is 0 Å². The lowest BCUT2D eigenvalue weighted by Crippen LogP contribution is -2.40. The lowest BCUT2D eigenvalue weighted by Gasteiger charge is -2.31. The third kappa shape index (κ3) is 3.40. The summed E-state index contributed by atoms with van der Waals surface area (Å²) >= 11 is 0. The van der Waals surface area contributed by atoms with Crippen LogP contribution in [0.3, 0.4) is 0 Å². The minimum atomic E-state index is 0.0870. The molecule has 4 heteroatoms. The van der Waals surface area contributed by atoms with Crippen LogP contribution in [0.15, 0.2) is 18.2 Å². The van der Waals surface area contributed by atoms with E-state index in [0.29, 0.717) is 12.5 Å². The molecule has 1 heterocycles. The minimum absolute atomic E-state index is 0.0870. The van der Waals surface area contributed by atoms with Crippen LogP contribution < -0.4 is 16.0 Å². The van der Waals surface area contributed by atoms with Crippen LogP contribution in [-0.2, 0) is 11.2 Å². The maximum atomic E-state index is 11.9. The Kier molecular flexibility index (Phi) is 4.30. The molecule has 1 amide bonds. The van der Waals surface area contributed by atoms with Gasteiger partial charge in [0.25, 0.3) is 0 Å². The first-order valence-electron chi connectivity index (χ1n) is 6.97. The number of benzene rings is 1. The predicted octanol–water partition coefficient (Wildman–Crippen LogP) is 1.79. The number of carbonyl (C=O) groups excluding carboxylic acids is 1. The van der Waals surface area contributed by atoms with Gasteiger partial charge >= 0.3 is 0 Å². The van der Waals surface area contributed by atoms with E-state index in [4.69, 9.17) is 5.73 Å². The van der Waals surface area contributed by atoms with Crippen molar-refractivity contribution in [1.29, 1.82) is 0 Å². The summed E-state index contributed by atoms with van der Waals surface area (Å²) in [5.41, 5.74) is 9.15. The summed E-state index contributed by atoms with van der Waals surface area (Å²) in [6, 6.07) is 5.94. The second kappa shape index (κ2) is 5.95. The second-order valence-electron chi connectivity index (χ2n) is 5.57. The van der Waals surface area contributed by atoms with E-state index >= 15 is 0 Å². The van der Waals surface area contributed by atoms with E-state index in [9.17, 15) is 4.79 Å². The molecule has 4 nitrogen and oxygen atoms in total. The number of hydrogen-bond acceptors (Lipinski definition) is 3. The van der Waals surface area contributed by atoms with Gasteiger partial charge in [0.2, 0.25) is 5.91 Å². The van der Waals surface area contributed by atoms with E-state index in [-0.39, 0.29) is 5.91 Å². The quantitative estimate of drug-likeness (QED) is 0.812. The molecule has 0 unspecified atom stereocenters. The molecule has 0 radical (unpaired) electrons. The summed E-state index contributed by atoms with van der Waals surface area (Å²) in [4.78, 5) is 14.1. The summed E-state index contributed by atoms with van der Waals surface area (Å²) in [6.07, 6.45) is 2.06. The first-order chi connectivity index (χ1) is 9.08. The molecule has 1 aromatic rings. The maximum Gasteiger partial charge on any atom is 0.239 e. The fourth-order valence-electron chi connectivity index (χ4n) is 2.44. The van der Waals surface area contributed by atoms with E-state index in [0.717, 1.165) is 37.3 Å². The van der Waals surface area contributed by atoms with Gasteiger partial charge in [-0.25, -0.2) is 0 Å². The molecule has 0 bridgehead atoms. The Morgan fingerprint density at radius 3 is 3.00 bits per heavy atom. The van der Waals surface area contributed by atoms with Crippen LogP contribution in [0.1, 0.15) is 25.8 Å². The fraction of sp³-hybridized carbons (Fsp3) is 0.533. The van der Waals surface area contributed by atoms with Gasteiger partial charge in [-0.1, -0.05) is 19.9 Å². The SMILES string of the molecule is CC(C)CNC(=O)CN1CCCc2c(N)cccc21. The van der Waals surface area contributed by atoms with Gasteiger partial charge in [0.1, 0.15) is 0 Å². The van der Waals surface area contributed by atoms with Gasteiger partial charge in [0.05, 0.1) is 6.54 Å². The molecule has 0 spiro atoms. The maximum absolute atomic E-state index is 11.9. The van der Waals surface area contributed by atoms with Crippen LogP contribution in [0.2, 0.25) is 0 Å². The lowest BCUT2D eigenvalue weighted by atomic mass is 10.00. The lowest BCUT2D eigenvalue weighted by molar-refractivity contribution is -0.119. The predicted molar refractivity (Wildman–Crippen MR) is 79.2 cm³/mol. The molecule has 104 valence electrons. The normalized spacial score (nSPS) is 14.4. The third-order valence-corrected chi connectivity index (χ3v) is 3.42. The van der Waals surface area contributed by atoms with Crippen molar-refractivity contribution in [1.82, 2.24) is 5.32 Å². The molecule has 0 atom stereocenters. The summed E-state index contributed by atoms with van der Waals surface area (Å²) in [7, 11) is 0. The minimum Gasteiger partial charge on any atom is -0.398 e. The van der Waals surface area contributed by atoms with Gasteiger partial charge in [-0.05, 0) is 36.5 Å². The van der Waals surface area contributed by atoms with Gasteiger partial charge in [0.15, 0.2) is 0 Å². The first kappa shape index (κ1) is 13.7. The van der Waals surface area contributed by atoms with Gasteiger partial charge in [-0.15, -0.1) is 0 Å². The fourth-order valence-corrected chi connectivity index (χ4v) is 2.44. The summed E-state index contributed by atoms with van der Waals surface area (Å²) in [5.74, 6) is 0.567. The number of rotatable bonds is 4. The van der Waals surface area contributed by atoms with Gasteiger partial charge in [0, 0.05) is 24.5 Å². The highest BCUT2D eigenvalue weighted by Gasteiger charge is 2.20. The zero-order valence-corrected chi connectivity index (χ0v) is 11.8. The highest BCUT2D eigenvalue weighted by molar-refractivity contribution is 5.82. The topological polar surface area (TPSA) is 58.4 Å². The number of hydrogen-bond donors (Lipinski definition) is 2. The standard InChI is InChI=1S/C15H23N3O/c1-11(2)9-17-15(19)10-18-8-4-5-12-13(16)6-3-7-14(12)18/h3,6-7,11H,4-5,8-10,16H2,1-2H3,(H,17,19). The Hall–Kier alpha value is -1.71. The van der Waals surface area contributed by atoms with E-state index in [1.807, 2.05) is 12.1 Å². The molecule has 0 aromatic heterocycles. The molecule has 1 aliphatic heterocycles. The monoisotopic (exact) mass is 261 g/mol. The first-order valence-corrected chi connectivity index (χ1v) is 6.97. The van der Waals surface area contributed by atoms with Gasteiger partial charge < -0.3 is 16.0 Å². The van der Waals surface area contributed by atoms with Crippen LogP contribution in [0.4, 0.5) is 11.4 Å². The average Bonchev–Trinajstić information content (AvgIpc) is 2.38. The molecule has 0 fully saturated rings. The Labute approximate surface area is 115 Å². The van der Waals surface area contributed by atoms with Crippen molar-refractivity contribution in [2.45, 2.75) is 26.7 Å². The van der Waals surface area contributed by atoms with Crippen molar-refractivity contribution >= 4 is 17.3 Å². The van der Waals surface area contributed by atoms with E-state index < -0.39 is 0 Å². The molecular formula is C15H23N3O. The molecule has 2 rings (SSSR count). The average molecular weight is 261 g/mol. The number of fused-ring (bicyclic) bond motifs is 1. The van der Waals surface area contributed by atoms with Crippen molar-refractivity contribution in [3.63, 3.8) is 0 Å².